The molecule has 0 saturated heterocycles. The number of carbonyl (C=O) groups excluding carboxylic acids is 1. The van der Waals surface area contributed by atoms with Crippen LogP contribution >= 0.6 is 11.3 Å². The number of amides is 1. The number of hydrogen-bond acceptors (Lipinski definition) is 3. The first-order valence-corrected chi connectivity index (χ1v) is 11.9. The Labute approximate surface area is 178 Å². The van der Waals surface area contributed by atoms with Crippen LogP contribution in [0.5, 0.6) is 0 Å². The second-order valence-corrected chi connectivity index (χ2v) is 10.0. The van der Waals surface area contributed by atoms with Crippen molar-refractivity contribution in [3.8, 4) is 11.8 Å². The van der Waals surface area contributed by atoms with Crippen molar-refractivity contribution >= 4 is 28.9 Å². The SMILES string of the molecule is CC(C)N(c1cc(C#CC2CCCCC2)sc1C(=O)O)C(=O)[C@H]1CC[C@H](C)CC1. The molecule has 1 heterocycles. The Morgan fingerprint density at radius 2 is 1.76 bits per heavy atom. The zero-order valence-corrected chi connectivity index (χ0v) is 18.7. The van der Waals surface area contributed by atoms with Gasteiger partial charge in [0.05, 0.1) is 10.6 Å². The first-order chi connectivity index (χ1) is 13.9. The zero-order chi connectivity index (χ0) is 21.0. The number of rotatable bonds is 4. The first kappa shape index (κ1) is 21.9. The molecule has 2 aliphatic rings. The molecule has 0 unspecified atom stereocenters. The maximum Gasteiger partial charge on any atom is 0.348 e. The number of carbonyl (C=O) groups is 2. The largest absolute Gasteiger partial charge is 0.477 e. The molecule has 158 valence electrons. The number of thiophene rings is 1. The van der Waals surface area contributed by atoms with Crippen molar-refractivity contribution in [1.82, 2.24) is 0 Å². The number of aromatic carboxylic acids is 1. The summed E-state index contributed by atoms with van der Waals surface area (Å²) in [5, 5.41) is 9.78. The topological polar surface area (TPSA) is 57.6 Å². The van der Waals surface area contributed by atoms with E-state index >= 15 is 0 Å². The van der Waals surface area contributed by atoms with Crippen molar-refractivity contribution in [2.45, 2.75) is 84.6 Å². The van der Waals surface area contributed by atoms with Gasteiger partial charge >= 0.3 is 5.97 Å². The summed E-state index contributed by atoms with van der Waals surface area (Å²) < 4.78 is 0. The van der Waals surface area contributed by atoms with E-state index in [0.29, 0.717) is 17.5 Å². The minimum Gasteiger partial charge on any atom is -0.477 e. The Morgan fingerprint density at radius 3 is 2.34 bits per heavy atom. The Morgan fingerprint density at radius 1 is 1.10 bits per heavy atom. The molecule has 1 aromatic rings. The van der Waals surface area contributed by atoms with Crippen LogP contribution in [0.15, 0.2) is 6.07 Å². The van der Waals surface area contributed by atoms with E-state index in [2.05, 4.69) is 18.8 Å². The number of carboxylic acids is 1. The maximum atomic E-state index is 13.3. The van der Waals surface area contributed by atoms with Crippen LogP contribution in [0.3, 0.4) is 0 Å². The lowest BCUT2D eigenvalue weighted by Gasteiger charge is -2.33. The Bertz CT molecular complexity index is 787. The summed E-state index contributed by atoms with van der Waals surface area (Å²) >= 11 is 1.20. The minimum absolute atomic E-state index is 0.00748. The maximum absolute atomic E-state index is 13.3. The third-order valence-corrected chi connectivity index (χ3v) is 7.32. The third-order valence-electron chi connectivity index (χ3n) is 6.29. The molecular formula is C24H33NO3S. The molecule has 0 aromatic carbocycles. The number of anilines is 1. The lowest BCUT2D eigenvalue weighted by Crippen LogP contribution is -2.42. The Hall–Kier alpha value is -1.80. The molecule has 0 radical (unpaired) electrons. The van der Waals surface area contributed by atoms with Crippen LogP contribution in [-0.2, 0) is 4.79 Å². The minimum atomic E-state index is -0.980. The number of nitrogens with zero attached hydrogens (tertiary/aromatic N) is 1. The van der Waals surface area contributed by atoms with Gasteiger partial charge in [0.2, 0.25) is 5.91 Å². The fourth-order valence-corrected chi connectivity index (χ4v) is 5.40. The molecular weight excluding hydrogens is 382 g/mol. The van der Waals surface area contributed by atoms with Crippen LogP contribution < -0.4 is 4.90 Å². The van der Waals surface area contributed by atoms with Crippen LogP contribution in [0.4, 0.5) is 5.69 Å². The van der Waals surface area contributed by atoms with Crippen LogP contribution in [0, 0.1) is 29.6 Å². The standard InChI is InChI=1S/C24H33NO3S/c1-16(2)25(23(26)19-12-9-17(3)10-13-19)21-15-20(29-22(21)24(27)28)14-11-18-7-5-4-6-8-18/h15-19H,4-10,12-13H2,1-3H3,(H,27,28)/t17-,19-. The number of carboxylic acid groups (broad SMARTS) is 1. The molecule has 3 rings (SSSR count). The highest BCUT2D eigenvalue weighted by Gasteiger charge is 2.33. The van der Waals surface area contributed by atoms with Gasteiger partial charge in [-0.2, -0.15) is 0 Å². The highest BCUT2D eigenvalue weighted by molar-refractivity contribution is 7.15. The molecule has 1 N–H and O–H groups in total. The van der Waals surface area contributed by atoms with E-state index in [1.165, 1.54) is 30.6 Å². The van der Waals surface area contributed by atoms with E-state index in [1.807, 2.05) is 19.9 Å². The van der Waals surface area contributed by atoms with Crippen molar-refractivity contribution in [2.75, 3.05) is 4.90 Å². The molecule has 1 aromatic heterocycles. The normalized spacial score (nSPS) is 22.8. The van der Waals surface area contributed by atoms with Gasteiger partial charge in [-0.05, 0) is 64.4 Å². The van der Waals surface area contributed by atoms with Crippen LogP contribution in [0.25, 0.3) is 0 Å². The van der Waals surface area contributed by atoms with Crippen molar-refractivity contribution < 1.29 is 14.7 Å². The second-order valence-electron chi connectivity index (χ2n) is 8.99. The van der Waals surface area contributed by atoms with E-state index < -0.39 is 5.97 Å². The second kappa shape index (κ2) is 9.80. The van der Waals surface area contributed by atoms with Gasteiger partial charge < -0.3 is 10.0 Å². The molecule has 1 amide bonds. The lowest BCUT2D eigenvalue weighted by molar-refractivity contribution is -0.123. The van der Waals surface area contributed by atoms with Gasteiger partial charge in [0.1, 0.15) is 4.88 Å². The summed E-state index contributed by atoms with van der Waals surface area (Å²) in [5.74, 6) is 6.73. The summed E-state index contributed by atoms with van der Waals surface area (Å²) in [5.41, 5.74) is 0.522. The average molecular weight is 416 g/mol. The molecule has 0 aliphatic heterocycles. The molecule has 29 heavy (non-hydrogen) atoms. The summed E-state index contributed by atoms with van der Waals surface area (Å²) in [4.78, 5) is 28.0. The summed E-state index contributed by atoms with van der Waals surface area (Å²) in [6.45, 7) is 6.15. The molecule has 2 saturated carbocycles. The van der Waals surface area contributed by atoms with Crippen LogP contribution in [0.2, 0.25) is 0 Å². The molecule has 0 bridgehead atoms. The van der Waals surface area contributed by atoms with E-state index in [0.717, 1.165) is 43.4 Å². The predicted molar refractivity (Wildman–Crippen MR) is 118 cm³/mol. The zero-order valence-electron chi connectivity index (χ0n) is 17.9. The van der Waals surface area contributed by atoms with Gasteiger partial charge in [-0.25, -0.2) is 4.79 Å². The van der Waals surface area contributed by atoms with E-state index in [4.69, 9.17) is 0 Å². The third kappa shape index (κ3) is 5.42. The molecule has 2 fully saturated rings. The Balaban J connectivity index is 1.87. The van der Waals surface area contributed by atoms with E-state index in [9.17, 15) is 14.7 Å². The fourth-order valence-electron chi connectivity index (χ4n) is 4.55. The molecule has 2 aliphatic carbocycles. The highest BCUT2D eigenvalue weighted by Crippen LogP contribution is 2.36. The first-order valence-electron chi connectivity index (χ1n) is 11.1. The van der Waals surface area contributed by atoms with Crippen molar-refractivity contribution in [2.24, 2.45) is 17.8 Å². The van der Waals surface area contributed by atoms with Gasteiger partial charge in [-0.15, -0.1) is 11.3 Å². The lowest BCUT2D eigenvalue weighted by atomic mass is 9.82. The van der Waals surface area contributed by atoms with Crippen LogP contribution in [-0.4, -0.2) is 23.0 Å². The fraction of sp³-hybridized carbons (Fsp3) is 0.667. The number of hydrogen-bond donors (Lipinski definition) is 1. The van der Waals surface area contributed by atoms with E-state index in [1.54, 1.807) is 4.90 Å². The van der Waals surface area contributed by atoms with E-state index in [-0.39, 0.29) is 22.7 Å². The van der Waals surface area contributed by atoms with Crippen molar-refractivity contribution in [1.29, 1.82) is 0 Å². The molecule has 0 atom stereocenters. The quantitative estimate of drug-likeness (QED) is 0.619. The van der Waals surface area contributed by atoms with Gasteiger partial charge in [0.25, 0.3) is 0 Å². The van der Waals surface area contributed by atoms with Crippen molar-refractivity contribution in [3.63, 3.8) is 0 Å². The summed E-state index contributed by atoms with van der Waals surface area (Å²) in [6.07, 6.45) is 9.92. The summed E-state index contributed by atoms with van der Waals surface area (Å²) in [6, 6.07) is 1.74. The van der Waals surface area contributed by atoms with Gasteiger partial charge in [0, 0.05) is 17.9 Å². The van der Waals surface area contributed by atoms with Gasteiger partial charge in [-0.3, -0.25) is 4.79 Å². The molecule has 4 nitrogen and oxygen atoms in total. The predicted octanol–water partition coefficient (Wildman–Crippen LogP) is 5.95. The smallest absolute Gasteiger partial charge is 0.348 e. The Kier molecular flexibility index (Phi) is 7.40. The molecule has 5 heteroatoms. The summed E-state index contributed by atoms with van der Waals surface area (Å²) in [7, 11) is 0. The molecule has 0 spiro atoms. The van der Waals surface area contributed by atoms with Gasteiger partial charge in [0.15, 0.2) is 0 Å². The monoisotopic (exact) mass is 415 g/mol. The highest BCUT2D eigenvalue weighted by atomic mass is 32.1. The van der Waals surface area contributed by atoms with Crippen LogP contribution in [0.1, 0.15) is 93.1 Å². The average Bonchev–Trinajstić information content (AvgIpc) is 3.11. The van der Waals surface area contributed by atoms with Gasteiger partial charge in [-0.1, -0.05) is 38.0 Å². The van der Waals surface area contributed by atoms with Crippen molar-refractivity contribution in [3.05, 3.63) is 15.8 Å².